The maximum Gasteiger partial charge on any atom is 0.260 e. The van der Waals surface area contributed by atoms with Crippen LogP contribution in [0.4, 0.5) is 5.13 Å². The SMILES string of the molecule is CSc1ccc(C(=O)N(Cc2ccco2)c2nc3c(C)c(C)ccc3s2)cc1. The van der Waals surface area contributed by atoms with Crippen LogP contribution in [0.2, 0.25) is 0 Å². The van der Waals surface area contributed by atoms with Crippen molar-refractivity contribution < 1.29 is 9.21 Å². The molecule has 0 bridgehead atoms. The van der Waals surface area contributed by atoms with Crippen LogP contribution in [0.3, 0.4) is 0 Å². The molecule has 0 fully saturated rings. The van der Waals surface area contributed by atoms with E-state index in [1.54, 1.807) is 22.9 Å². The minimum atomic E-state index is -0.0857. The van der Waals surface area contributed by atoms with Crippen LogP contribution in [0, 0.1) is 13.8 Å². The number of carbonyl (C=O) groups is 1. The molecule has 0 saturated heterocycles. The minimum Gasteiger partial charge on any atom is -0.467 e. The molecular weight excluding hydrogens is 388 g/mol. The lowest BCUT2D eigenvalue weighted by Crippen LogP contribution is -2.30. The van der Waals surface area contributed by atoms with Crippen LogP contribution >= 0.6 is 23.1 Å². The molecule has 0 aliphatic rings. The molecule has 0 aliphatic heterocycles. The largest absolute Gasteiger partial charge is 0.467 e. The van der Waals surface area contributed by atoms with Crippen LogP contribution in [0.5, 0.6) is 0 Å². The first-order valence-electron chi connectivity index (χ1n) is 8.92. The highest BCUT2D eigenvalue weighted by Gasteiger charge is 2.23. The molecule has 142 valence electrons. The number of aromatic nitrogens is 1. The molecule has 2 aromatic heterocycles. The molecule has 4 aromatic rings. The Morgan fingerprint density at radius 3 is 2.61 bits per heavy atom. The maximum absolute atomic E-state index is 13.3. The van der Waals surface area contributed by atoms with Crippen molar-refractivity contribution in [3.63, 3.8) is 0 Å². The third-order valence-corrected chi connectivity index (χ3v) is 6.57. The first-order valence-corrected chi connectivity index (χ1v) is 11.0. The van der Waals surface area contributed by atoms with Crippen LogP contribution in [-0.4, -0.2) is 17.1 Å². The number of anilines is 1. The number of thiazole rings is 1. The zero-order valence-corrected chi connectivity index (χ0v) is 17.6. The molecule has 2 heterocycles. The Labute approximate surface area is 172 Å². The molecule has 28 heavy (non-hydrogen) atoms. The second-order valence-electron chi connectivity index (χ2n) is 6.55. The summed E-state index contributed by atoms with van der Waals surface area (Å²) < 4.78 is 6.58. The number of amides is 1. The van der Waals surface area contributed by atoms with Crippen LogP contribution in [-0.2, 0) is 6.54 Å². The Morgan fingerprint density at radius 2 is 1.93 bits per heavy atom. The predicted octanol–water partition coefficient (Wildman–Crippen LogP) is 6.08. The number of rotatable bonds is 5. The molecule has 0 atom stereocenters. The number of nitrogens with zero attached hydrogens (tertiary/aromatic N) is 2. The molecular formula is C22H20N2O2S2. The van der Waals surface area contributed by atoms with E-state index >= 15 is 0 Å². The molecule has 1 amide bonds. The van der Waals surface area contributed by atoms with E-state index in [0.29, 0.717) is 17.2 Å². The van der Waals surface area contributed by atoms with Crippen molar-refractivity contribution in [3.8, 4) is 0 Å². The second-order valence-corrected chi connectivity index (χ2v) is 8.44. The Morgan fingerprint density at radius 1 is 1.14 bits per heavy atom. The van der Waals surface area contributed by atoms with Gasteiger partial charge in [0.1, 0.15) is 5.76 Å². The third-order valence-electron chi connectivity index (χ3n) is 4.78. The van der Waals surface area contributed by atoms with E-state index in [4.69, 9.17) is 9.40 Å². The molecule has 4 nitrogen and oxygen atoms in total. The van der Waals surface area contributed by atoms with Gasteiger partial charge in [-0.3, -0.25) is 9.69 Å². The van der Waals surface area contributed by atoms with Gasteiger partial charge in [0.25, 0.3) is 5.91 Å². The van der Waals surface area contributed by atoms with Gasteiger partial charge in [0.05, 0.1) is 23.0 Å². The molecule has 0 saturated carbocycles. The fraction of sp³-hybridized carbons (Fsp3) is 0.182. The van der Waals surface area contributed by atoms with Crippen LogP contribution in [0.25, 0.3) is 10.2 Å². The van der Waals surface area contributed by atoms with Gasteiger partial charge >= 0.3 is 0 Å². The van der Waals surface area contributed by atoms with Crippen molar-refractivity contribution >= 4 is 44.4 Å². The normalized spacial score (nSPS) is 11.1. The fourth-order valence-electron chi connectivity index (χ4n) is 3.00. The smallest absolute Gasteiger partial charge is 0.260 e. The van der Waals surface area contributed by atoms with Crippen molar-refractivity contribution in [2.45, 2.75) is 25.3 Å². The Balaban J connectivity index is 1.76. The number of aryl methyl sites for hydroxylation is 2. The molecule has 6 heteroatoms. The van der Waals surface area contributed by atoms with Crippen molar-refractivity contribution in [3.05, 3.63) is 77.2 Å². The molecule has 2 aromatic carbocycles. The number of furan rings is 1. The zero-order valence-electron chi connectivity index (χ0n) is 15.9. The van der Waals surface area contributed by atoms with E-state index < -0.39 is 0 Å². The topological polar surface area (TPSA) is 46.3 Å². The van der Waals surface area contributed by atoms with Gasteiger partial charge in [-0.2, -0.15) is 0 Å². The van der Waals surface area contributed by atoms with Crippen molar-refractivity contribution in [2.75, 3.05) is 11.2 Å². The van der Waals surface area contributed by atoms with E-state index in [0.717, 1.165) is 26.4 Å². The van der Waals surface area contributed by atoms with Crippen molar-refractivity contribution in [1.82, 2.24) is 4.98 Å². The van der Waals surface area contributed by atoms with Gasteiger partial charge in [0.15, 0.2) is 5.13 Å². The quantitative estimate of drug-likeness (QED) is 0.376. The van der Waals surface area contributed by atoms with Gasteiger partial charge in [-0.25, -0.2) is 4.98 Å². The van der Waals surface area contributed by atoms with Crippen LogP contribution in [0.1, 0.15) is 27.2 Å². The van der Waals surface area contributed by atoms with Gasteiger partial charge in [0, 0.05) is 10.5 Å². The van der Waals surface area contributed by atoms with Crippen LogP contribution in [0.15, 0.2) is 64.1 Å². The number of thioether (sulfide) groups is 1. The minimum absolute atomic E-state index is 0.0857. The predicted molar refractivity (Wildman–Crippen MR) is 117 cm³/mol. The summed E-state index contributed by atoms with van der Waals surface area (Å²) in [6.45, 7) is 4.49. The van der Waals surface area contributed by atoms with Crippen molar-refractivity contribution in [1.29, 1.82) is 0 Å². The number of benzene rings is 2. The Bertz CT molecular complexity index is 1120. The third kappa shape index (κ3) is 3.57. The summed E-state index contributed by atoms with van der Waals surface area (Å²) in [6.07, 6.45) is 3.64. The number of fused-ring (bicyclic) bond motifs is 1. The molecule has 0 unspecified atom stereocenters. The van der Waals surface area contributed by atoms with Crippen molar-refractivity contribution in [2.24, 2.45) is 0 Å². The Hall–Kier alpha value is -2.57. The molecule has 0 radical (unpaired) electrons. The van der Waals surface area contributed by atoms with Crippen LogP contribution < -0.4 is 4.90 Å². The number of hydrogen-bond acceptors (Lipinski definition) is 5. The summed E-state index contributed by atoms with van der Waals surface area (Å²) in [7, 11) is 0. The van der Waals surface area contributed by atoms with E-state index in [2.05, 4.69) is 26.0 Å². The number of hydrogen-bond donors (Lipinski definition) is 0. The van der Waals surface area contributed by atoms with E-state index in [1.165, 1.54) is 16.9 Å². The van der Waals surface area contributed by atoms with Gasteiger partial charge in [-0.1, -0.05) is 17.4 Å². The zero-order chi connectivity index (χ0) is 19.7. The lowest BCUT2D eigenvalue weighted by molar-refractivity contribution is 0.0983. The first kappa shape index (κ1) is 18.8. The number of carbonyl (C=O) groups excluding carboxylic acids is 1. The fourth-order valence-corrected chi connectivity index (χ4v) is 4.43. The molecule has 4 rings (SSSR count). The monoisotopic (exact) mass is 408 g/mol. The maximum atomic E-state index is 13.3. The first-order chi connectivity index (χ1) is 13.6. The average Bonchev–Trinajstić information content (AvgIpc) is 3.38. The summed E-state index contributed by atoms with van der Waals surface area (Å²) >= 11 is 3.18. The second kappa shape index (κ2) is 7.81. The van der Waals surface area contributed by atoms with E-state index in [9.17, 15) is 4.79 Å². The van der Waals surface area contributed by atoms with E-state index in [1.807, 2.05) is 42.7 Å². The summed E-state index contributed by atoms with van der Waals surface area (Å²) in [5.74, 6) is 0.638. The van der Waals surface area contributed by atoms with E-state index in [-0.39, 0.29) is 5.91 Å². The van der Waals surface area contributed by atoms with Gasteiger partial charge in [0.2, 0.25) is 0 Å². The summed E-state index contributed by atoms with van der Waals surface area (Å²) in [5.41, 5.74) is 3.93. The van der Waals surface area contributed by atoms with Gasteiger partial charge in [-0.05, 0) is 73.7 Å². The highest BCUT2D eigenvalue weighted by Crippen LogP contribution is 2.33. The molecule has 0 spiro atoms. The summed E-state index contributed by atoms with van der Waals surface area (Å²) in [5, 5.41) is 0.680. The standard InChI is InChI=1S/C22H20N2O2S2/c1-14-6-11-19-20(15(14)2)23-22(28-19)24(13-17-5-4-12-26-17)21(25)16-7-9-18(27-3)10-8-16/h4-12H,13H2,1-3H3. The van der Waals surface area contributed by atoms with Gasteiger partial charge in [-0.15, -0.1) is 11.8 Å². The highest BCUT2D eigenvalue weighted by molar-refractivity contribution is 7.98. The summed E-state index contributed by atoms with van der Waals surface area (Å²) in [4.78, 5) is 21.0. The lowest BCUT2D eigenvalue weighted by Gasteiger charge is -2.19. The molecule has 0 N–H and O–H groups in total. The molecule has 0 aliphatic carbocycles. The highest BCUT2D eigenvalue weighted by atomic mass is 32.2. The summed E-state index contributed by atoms with van der Waals surface area (Å²) in [6, 6.07) is 15.5. The average molecular weight is 409 g/mol. The lowest BCUT2D eigenvalue weighted by atomic mass is 10.1. The Kier molecular flexibility index (Phi) is 5.24. The van der Waals surface area contributed by atoms with Gasteiger partial charge < -0.3 is 4.42 Å².